The number of rotatable bonds is 3. The van der Waals surface area contributed by atoms with Crippen LogP contribution in [0.3, 0.4) is 0 Å². The Morgan fingerprint density at radius 2 is 0.884 bits per heavy atom. The number of benzene rings is 8. The van der Waals surface area contributed by atoms with Crippen LogP contribution in [0.1, 0.15) is 0 Å². The molecule has 43 heavy (non-hydrogen) atoms. The first-order valence-electron chi connectivity index (χ1n) is 14.8. The van der Waals surface area contributed by atoms with E-state index in [4.69, 9.17) is 0 Å². The maximum atomic E-state index is 2.40. The van der Waals surface area contributed by atoms with Gasteiger partial charge in [-0.2, -0.15) is 0 Å². The maximum Gasteiger partial charge on any atom is 0.0434 e. The summed E-state index contributed by atoms with van der Waals surface area (Å²) in [6.45, 7) is 0. The molecule has 0 nitrogen and oxygen atoms in total. The lowest BCUT2D eigenvalue weighted by Gasteiger charge is -2.18. The smallest absolute Gasteiger partial charge is 0.0434 e. The number of thiophene rings is 1. The van der Waals surface area contributed by atoms with Crippen molar-refractivity contribution in [2.45, 2.75) is 0 Å². The van der Waals surface area contributed by atoms with Crippen LogP contribution in [0, 0.1) is 0 Å². The van der Waals surface area contributed by atoms with Gasteiger partial charge in [-0.1, -0.05) is 146 Å². The van der Waals surface area contributed by atoms with E-state index in [0.717, 1.165) is 0 Å². The van der Waals surface area contributed by atoms with E-state index in [1.807, 2.05) is 11.3 Å². The Morgan fingerprint density at radius 1 is 0.326 bits per heavy atom. The molecule has 0 radical (unpaired) electrons. The molecule has 0 fully saturated rings. The van der Waals surface area contributed by atoms with E-state index < -0.39 is 0 Å². The van der Waals surface area contributed by atoms with Gasteiger partial charge in [0.15, 0.2) is 0 Å². The molecule has 1 heterocycles. The van der Waals surface area contributed by atoms with Gasteiger partial charge in [0.1, 0.15) is 0 Å². The van der Waals surface area contributed by atoms with E-state index >= 15 is 0 Å². The standard InChI is InChI=1S/C42H26S/c1-2-13-28(14-3-1)40-32-17-6-8-19-34(32)41(35-20-9-7-18-33(35)40)37-23-11-22-36-38-26-29(24-25-39(38)43-42(36)37)31-21-10-15-27-12-4-5-16-30(27)31/h1-26H. The lowest BCUT2D eigenvalue weighted by Crippen LogP contribution is -1.90. The third-order valence-electron chi connectivity index (χ3n) is 8.86. The zero-order valence-corrected chi connectivity index (χ0v) is 24.2. The molecule has 0 aliphatic rings. The Balaban J connectivity index is 1.34. The van der Waals surface area contributed by atoms with Crippen LogP contribution in [-0.2, 0) is 0 Å². The first-order chi connectivity index (χ1) is 21.3. The van der Waals surface area contributed by atoms with Crippen LogP contribution in [0.2, 0.25) is 0 Å². The Kier molecular flexibility index (Phi) is 5.47. The Hall–Kier alpha value is -5.24. The molecular formula is C42H26S. The Bertz CT molecular complexity index is 2440. The molecule has 0 N–H and O–H groups in total. The van der Waals surface area contributed by atoms with Gasteiger partial charge in [0.05, 0.1) is 0 Å². The summed E-state index contributed by atoms with van der Waals surface area (Å²) < 4.78 is 2.66. The molecule has 0 bridgehead atoms. The molecule has 200 valence electrons. The summed E-state index contributed by atoms with van der Waals surface area (Å²) in [5.41, 5.74) is 7.72. The zero-order valence-electron chi connectivity index (χ0n) is 23.4. The fourth-order valence-electron chi connectivity index (χ4n) is 6.97. The second-order valence-electron chi connectivity index (χ2n) is 11.2. The molecular weight excluding hydrogens is 537 g/mol. The summed E-state index contributed by atoms with van der Waals surface area (Å²) in [5, 5.41) is 10.4. The van der Waals surface area contributed by atoms with Gasteiger partial charge in [0.25, 0.3) is 0 Å². The third kappa shape index (κ3) is 3.75. The highest BCUT2D eigenvalue weighted by molar-refractivity contribution is 7.26. The lowest BCUT2D eigenvalue weighted by molar-refractivity contribution is 1.67. The topological polar surface area (TPSA) is 0 Å². The van der Waals surface area contributed by atoms with Crippen molar-refractivity contribution in [3.8, 4) is 33.4 Å². The lowest BCUT2D eigenvalue weighted by atomic mass is 9.86. The van der Waals surface area contributed by atoms with Crippen molar-refractivity contribution in [3.05, 3.63) is 158 Å². The van der Waals surface area contributed by atoms with Crippen molar-refractivity contribution < 1.29 is 0 Å². The zero-order chi connectivity index (χ0) is 28.3. The monoisotopic (exact) mass is 562 g/mol. The van der Waals surface area contributed by atoms with E-state index in [2.05, 4.69) is 158 Å². The molecule has 0 aliphatic carbocycles. The summed E-state index contributed by atoms with van der Waals surface area (Å²) in [4.78, 5) is 0. The van der Waals surface area contributed by atoms with Gasteiger partial charge in [-0.25, -0.2) is 0 Å². The summed E-state index contributed by atoms with van der Waals surface area (Å²) in [6.07, 6.45) is 0. The van der Waals surface area contributed by atoms with Gasteiger partial charge in [0.2, 0.25) is 0 Å². The van der Waals surface area contributed by atoms with E-state index in [-0.39, 0.29) is 0 Å². The highest BCUT2D eigenvalue weighted by atomic mass is 32.1. The molecule has 9 rings (SSSR count). The molecule has 8 aromatic carbocycles. The third-order valence-corrected chi connectivity index (χ3v) is 10.1. The van der Waals surface area contributed by atoms with Gasteiger partial charge < -0.3 is 0 Å². The van der Waals surface area contributed by atoms with Crippen LogP contribution in [0.4, 0.5) is 0 Å². The molecule has 1 heteroatoms. The fourth-order valence-corrected chi connectivity index (χ4v) is 8.18. The molecule has 0 unspecified atom stereocenters. The average Bonchev–Trinajstić information content (AvgIpc) is 3.46. The molecule has 1 aromatic heterocycles. The number of hydrogen-bond donors (Lipinski definition) is 0. The molecule has 0 amide bonds. The van der Waals surface area contributed by atoms with Crippen molar-refractivity contribution in [1.82, 2.24) is 0 Å². The predicted octanol–water partition coefficient (Wildman–Crippen LogP) is 12.5. The van der Waals surface area contributed by atoms with E-state index in [0.29, 0.717) is 0 Å². The highest BCUT2D eigenvalue weighted by Crippen LogP contribution is 2.48. The molecule has 0 aliphatic heterocycles. The number of hydrogen-bond acceptors (Lipinski definition) is 1. The fraction of sp³-hybridized carbons (Fsp3) is 0. The normalized spacial score (nSPS) is 11.7. The van der Waals surface area contributed by atoms with Gasteiger partial charge in [0, 0.05) is 25.7 Å². The largest absolute Gasteiger partial charge is 0.135 e. The van der Waals surface area contributed by atoms with Crippen LogP contribution in [-0.4, -0.2) is 0 Å². The molecule has 0 spiro atoms. The Labute approximate surface area is 254 Å². The molecule has 0 saturated heterocycles. The minimum absolute atomic E-state index is 1.25. The Morgan fingerprint density at radius 3 is 1.63 bits per heavy atom. The van der Waals surface area contributed by atoms with Crippen LogP contribution < -0.4 is 0 Å². The van der Waals surface area contributed by atoms with Crippen molar-refractivity contribution in [3.63, 3.8) is 0 Å². The van der Waals surface area contributed by atoms with Crippen molar-refractivity contribution >= 4 is 63.8 Å². The van der Waals surface area contributed by atoms with Gasteiger partial charge in [-0.05, 0) is 72.3 Å². The summed E-state index contributed by atoms with van der Waals surface area (Å²) in [5.74, 6) is 0. The second kappa shape index (κ2) is 9.66. The van der Waals surface area contributed by atoms with Crippen molar-refractivity contribution in [2.75, 3.05) is 0 Å². The minimum Gasteiger partial charge on any atom is -0.135 e. The van der Waals surface area contributed by atoms with Crippen molar-refractivity contribution in [2.24, 2.45) is 0 Å². The quantitative estimate of drug-likeness (QED) is 0.188. The average molecular weight is 563 g/mol. The highest BCUT2D eigenvalue weighted by Gasteiger charge is 2.19. The molecule has 0 atom stereocenters. The van der Waals surface area contributed by atoms with Crippen LogP contribution in [0.15, 0.2) is 158 Å². The van der Waals surface area contributed by atoms with Gasteiger partial charge in [-0.15, -0.1) is 11.3 Å². The second-order valence-corrected chi connectivity index (χ2v) is 12.3. The number of fused-ring (bicyclic) bond motifs is 6. The first kappa shape index (κ1) is 24.4. The van der Waals surface area contributed by atoms with Crippen LogP contribution >= 0.6 is 11.3 Å². The van der Waals surface area contributed by atoms with Gasteiger partial charge >= 0.3 is 0 Å². The summed E-state index contributed by atoms with van der Waals surface area (Å²) >= 11 is 1.91. The predicted molar refractivity (Wildman–Crippen MR) is 188 cm³/mol. The first-order valence-corrected chi connectivity index (χ1v) is 15.6. The van der Waals surface area contributed by atoms with E-state index in [9.17, 15) is 0 Å². The summed E-state index contributed by atoms with van der Waals surface area (Å²) in [7, 11) is 0. The minimum atomic E-state index is 1.25. The molecule has 9 aromatic rings. The van der Waals surface area contributed by atoms with Crippen molar-refractivity contribution in [1.29, 1.82) is 0 Å². The van der Waals surface area contributed by atoms with Crippen LogP contribution in [0.25, 0.3) is 85.9 Å². The SMILES string of the molecule is c1ccc(-c2c3ccccc3c(-c3cccc4c3sc3ccc(-c5cccc6ccccc56)cc34)c3ccccc23)cc1. The van der Waals surface area contributed by atoms with E-state index in [1.54, 1.807) is 0 Å². The van der Waals surface area contributed by atoms with E-state index in [1.165, 1.54) is 85.9 Å². The van der Waals surface area contributed by atoms with Crippen LogP contribution in [0.5, 0.6) is 0 Å². The maximum absolute atomic E-state index is 2.40. The van der Waals surface area contributed by atoms with Gasteiger partial charge in [-0.3, -0.25) is 0 Å². The summed E-state index contributed by atoms with van der Waals surface area (Å²) in [6, 6.07) is 57.8. The molecule has 0 saturated carbocycles.